The predicted molar refractivity (Wildman–Crippen MR) is 78.9 cm³/mol. The fourth-order valence-corrected chi connectivity index (χ4v) is 2.18. The molecule has 0 bridgehead atoms. The molecule has 2 aromatic rings. The van der Waals surface area contributed by atoms with Gasteiger partial charge in [-0.05, 0) is 36.8 Å². The van der Waals surface area contributed by atoms with Crippen molar-refractivity contribution in [2.45, 2.75) is 6.92 Å². The van der Waals surface area contributed by atoms with E-state index in [1.54, 1.807) is 24.3 Å². The molecular formula is C16H12N2O4. The van der Waals surface area contributed by atoms with Gasteiger partial charge in [0.05, 0.1) is 18.2 Å². The van der Waals surface area contributed by atoms with Crippen LogP contribution in [0, 0.1) is 6.92 Å². The summed E-state index contributed by atoms with van der Waals surface area (Å²) < 4.78 is 4.91. The molecule has 1 aromatic carbocycles. The number of hydrogen-bond donors (Lipinski definition) is 1. The van der Waals surface area contributed by atoms with Gasteiger partial charge in [0.1, 0.15) is 5.57 Å². The molecule has 3 rings (SSSR count). The monoisotopic (exact) mass is 296 g/mol. The highest BCUT2D eigenvalue weighted by atomic mass is 16.3. The summed E-state index contributed by atoms with van der Waals surface area (Å²) in [5.41, 5.74) is 1.75. The van der Waals surface area contributed by atoms with E-state index >= 15 is 0 Å². The Balaban J connectivity index is 2.03. The van der Waals surface area contributed by atoms with Crippen LogP contribution in [0.15, 0.2) is 52.8 Å². The second kappa shape index (κ2) is 5.33. The summed E-state index contributed by atoms with van der Waals surface area (Å²) in [6.45, 7) is 1.85. The molecule has 1 aromatic heterocycles. The first-order valence-corrected chi connectivity index (χ1v) is 6.56. The van der Waals surface area contributed by atoms with Crippen LogP contribution >= 0.6 is 0 Å². The van der Waals surface area contributed by atoms with Gasteiger partial charge in [-0.25, -0.2) is 9.69 Å². The van der Waals surface area contributed by atoms with E-state index in [1.165, 1.54) is 18.6 Å². The lowest BCUT2D eigenvalue weighted by atomic mass is 10.1. The van der Waals surface area contributed by atoms with Gasteiger partial charge in [0.25, 0.3) is 11.8 Å². The molecule has 6 nitrogen and oxygen atoms in total. The van der Waals surface area contributed by atoms with E-state index in [4.69, 9.17) is 4.42 Å². The summed E-state index contributed by atoms with van der Waals surface area (Å²) >= 11 is 0. The van der Waals surface area contributed by atoms with Crippen molar-refractivity contribution in [1.82, 2.24) is 5.32 Å². The van der Waals surface area contributed by atoms with Crippen LogP contribution in [0.4, 0.5) is 10.5 Å². The largest absolute Gasteiger partial charge is 0.472 e. The van der Waals surface area contributed by atoms with Gasteiger partial charge in [0.2, 0.25) is 0 Å². The quantitative estimate of drug-likeness (QED) is 0.681. The number of nitrogens with one attached hydrogen (secondary N) is 1. The van der Waals surface area contributed by atoms with E-state index in [-0.39, 0.29) is 5.57 Å². The van der Waals surface area contributed by atoms with Crippen molar-refractivity contribution in [3.05, 3.63) is 59.6 Å². The maximum Gasteiger partial charge on any atom is 0.335 e. The van der Waals surface area contributed by atoms with E-state index in [0.717, 1.165) is 10.5 Å². The maximum absolute atomic E-state index is 12.5. The maximum atomic E-state index is 12.5. The van der Waals surface area contributed by atoms with Crippen LogP contribution < -0.4 is 10.2 Å². The van der Waals surface area contributed by atoms with Crippen molar-refractivity contribution in [1.29, 1.82) is 0 Å². The van der Waals surface area contributed by atoms with Crippen molar-refractivity contribution in [2.75, 3.05) is 4.90 Å². The Morgan fingerprint density at radius 1 is 1.18 bits per heavy atom. The first kappa shape index (κ1) is 13.8. The summed E-state index contributed by atoms with van der Waals surface area (Å²) in [4.78, 5) is 37.4. The van der Waals surface area contributed by atoms with Gasteiger partial charge in [-0.1, -0.05) is 12.1 Å². The van der Waals surface area contributed by atoms with Gasteiger partial charge in [0, 0.05) is 5.56 Å². The van der Waals surface area contributed by atoms with Gasteiger partial charge in [-0.15, -0.1) is 0 Å². The molecule has 1 saturated heterocycles. The second-order valence-electron chi connectivity index (χ2n) is 4.85. The van der Waals surface area contributed by atoms with E-state index in [0.29, 0.717) is 11.3 Å². The molecule has 0 saturated carbocycles. The zero-order valence-corrected chi connectivity index (χ0v) is 11.7. The number of carbonyl (C=O) groups excluding carboxylic acids is 3. The minimum Gasteiger partial charge on any atom is -0.472 e. The summed E-state index contributed by atoms with van der Waals surface area (Å²) in [6.07, 6.45) is 4.22. The normalized spacial score (nSPS) is 17.0. The SMILES string of the molecule is Cc1cccc(N2C(=O)NC(=O)C(=Cc3ccoc3)C2=O)c1. The van der Waals surface area contributed by atoms with Gasteiger partial charge >= 0.3 is 6.03 Å². The third-order valence-electron chi connectivity index (χ3n) is 3.22. The highest BCUT2D eigenvalue weighted by Gasteiger charge is 2.36. The minimum atomic E-state index is -0.759. The fraction of sp³-hybridized carbons (Fsp3) is 0.0625. The number of rotatable bonds is 2. The summed E-state index contributed by atoms with van der Waals surface area (Å²) in [7, 11) is 0. The van der Waals surface area contributed by atoms with Crippen molar-refractivity contribution >= 4 is 29.6 Å². The zero-order chi connectivity index (χ0) is 15.7. The van der Waals surface area contributed by atoms with Crippen molar-refractivity contribution < 1.29 is 18.8 Å². The molecule has 6 heteroatoms. The van der Waals surface area contributed by atoms with E-state index < -0.39 is 17.8 Å². The molecule has 1 aliphatic rings. The van der Waals surface area contributed by atoms with Crippen molar-refractivity contribution in [3.8, 4) is 0 Å². The number of furan rings is 1. The standard InChI is InChI=1S/C16H12N2O4/c1-10-3-2-4-12(7-10)18-15(20)13(14(19)17-16(18)21)8-11-5-6-22-9-11/h2-9H,1H3,(H,17,19,21). The Kier molecular flexibility index (Phi) is 3.34. The van der Waals surface area contributed by atoms with Gasteiger partial charge in [-0.2, -0.15) is 0 Å². The molecule has 1 N–H and O–H groups in total. The second-order valence-corrected chi connectivity index (χ2v) is 4.85. The molecule has 0 unspecified atom stereocenters. The van der Waals surface area contributed by atoms with Crippen LogP contribution in [0.2, 0.25) is 0 Å². The van der Waals surface area contributed by atoms with Crippen LogP contribution in [-0.2, 0) is 9.59 Å². The van der Waals surface area contributed by atoms with Gasteiger partial charge < -0.3 is 4.42 Å². The van der Waals surface area contributed by atoms with E-state index in [9.17, 15) is 14.4 Å². The summed E-state index contributed by atoms with van der Waals surface area (Å²) in [5.74, 6) is -1.39. The molecule has 1 fully saturated rings. The molecule has 0 radical (unpaired) electrons. The summed E-state index contributed by atoms with van der Waals surface area (Å²) in [6, 6.07) is 7.77. The average molecular weight is 296 g/mol. The van der Waals surface area contributed by atoms with Crippen molar-refractivity contribution in [2.24, 2.45) is 0 Å². The third-order valence-corrected chi connectivity index (χ3v) is 3.22. The Hall–Kier alpha value is -3.15. The smallest absolute Gasteiger partial charge is 0.335 e. The number of carbonyl (C=O) groups is 3. The molecule has 1 aliphatic heterocycles. The topological polar surface area (TPSA) is 79.6 Å². The number of barbiturate groups is 1. The van der Waals surface area contributed by atoms with Crippen LogP contribution in [0.25, 0.3) is 6.08 Å². The number of nitrogens with zero attached hydrogens (tertiary/aromatic N) is 1. The third kappa shape index (κ3) is 2.42. The lowest BCUT2D eigenvalue weighted by molar-refractivity contribution is -0.122. The zero-order valence-electron chi connectivity index (χ0n) is 11.7. The fourth-order valence-electron chi connectivity index (χ4n) is 2.18. The van der Waals surface area contributed by atoms with E-state index in [1.807, 2.05) is 13.0 Å². The van der Waals surface area contributed by atoms with Crippen LogP contribution in [0.3, 0.4) is 0 Å². The first-order chi connectivity index (χ1) is 10.6. The molecule has 0 spiro atoms. The highest BCUT2D eigenvalue weighted by Crippen LogP contribution is 2.22. The number of imide groups is 2. The predicted octanol–water partition coefficient (Wildman–Crippen LogP) is 2.25. The van der Waals surface area contributed by atoms with Gasteiger partial charge in [-0.3, -0.25) is 14.9 Å². The first-order valence-electron chi connectivity index (χ1n) is 6.56. The Morgan fingerprint density at radius 3 is 2.68 bits per heavy atom. The number of anilines is 1. The lowest BCUT2D eigenvalue weighted by Crippen LogP contribution is -2.54. The molecule has 0 atom stereocenters. The van der Waals surface area contributed by atoms with Crippen LogP contribution in [-0.4, -0.2) is 17.8 Å². The number of urea groups is 1. The Morgan fingerprint density at radius 2 is 2.00 bits per heavy atom. The van der Waals surface area contributed by atoms with Crippen molar-refractivity contribution in [3.63, 3.8) is 0 Å². The highest BCUT2D eigenvalue weighted by molar-refractivity contribution is 6.39. The molecule has 0 aliphatic carbocycles. The molecule has 4 amide bonds. The molecular weight excluding hydrogens is 284 g/mol. The average Bonchev–Trinajstić information content (AvgIpc) is 2.96. The minimum absolute atomic E-state index is 0.123. The number of amides is 4. The van der Waals surface area contributed by atoms with Crippen LogP contribution in [0.5, 0.6) is 0 Å². The molecule has 110 valence electrons. The Labute approximate surface area is 126 Å². The van der Waals surface area contributed by atoms with Crippen LogP contribution in [0.1, 0.15) is 11.1 Å². The Bertz CT molecular complexity index is 790. The molecule has 22 heavy (non-hydrogen) atoms. The lowest BCUT2D eigenvalue weighted by Gasteiger charge is -2.26. The number of aryl methyl sites for hydroxylation is 1. The molecule has 2 heterocycles. The number of hydrogen-bond acceptors (Lipinski definition) is 4. The number of benzene rings is 1. The summed E-state index contributed by atoms with van der Waals surface area (Å²) in [5, 5.41) is 2.17. The van der Waals surface area contributed by atoms with E-state index in [2.05, 4.69) is 5.32 Å². The van der Waals surface area contributed by atoms with Gasteiger partial charge in [0.15, 0.2) is 0 Å².